The van der Waals surface area contributed by atoms with Crippen LogP contribution in [0.25, 0.3) is 0 Å². The maximum absolute atomic E-state index is 11.8. The van der Waals surface area contributed by atoms with Crippen LogP contribution in [0.2, 0.25) is 0 Å². The van der Waals surface area contributed by atoms with Gasteiger partial charge in [0.05, 0.1) is 0 Å². The third-order valence-corrected chi connectivity index (χ3v) is 3.67. The molecule has 0 spiro atoms. The molecule has 0 saturated carbocycles. The lowest BCUT2D eigenvalue weighted by molar-refractivity contribution is -0.228. The Balaban J connectivity index is 2.34. The number of ether oxygens (including phenoxy) is 2. The molecule has 0 amide bonds. The number of aliphatic hydroxyl groups excluding tert-OH is 2. The van der Waals surface area contributed by atoms with Crippen molar-refractivity contribution < 1.29 is 34.0 Å². The molecule has 0 aromatic carbocycles. The zero-order valence-electron chi connectivity index (χ0n) is 11.7. The van der Waals surface area contributed by atoms with Gasteiger partial charge < -0.3 is 35.2 Å². The van der Waals surface area contributed by atoms with Crippen LogP contribution < -0.4 is 11.4 Å². The number of hydrogen-bond acceptors (Lipinski definition) is 8. The van der Waals surface area contributed by atoms with Gasteiger partial charge in [0.2, 0.25) is 5.79 Å². The standard InChI is InChI=1S/C11H16N3O8P/c1-2-11(21-5-23(18,19)20)8(16)7(15)9(22-11)14-4-3-6(12)13-10(14)17/h2-4,7-9,15-16H,1,5H2,(H2,12,13,17)(H2,18,19,20)/t7-,8+,9-,11+/m1/s1. The first-order valence-corrected chi connectivity index (χ1v) is 8.10. The summed E-state index contributed by atoms with van der Waals surface area (Å²) in [7, 11) is -4.57. The van der Waals surface area contributed by atoms with Gasteiger partial charge in [0.15, 0.2) is 12.6 Å². The summed E-state index contributed by atoms with van der Waals surface area (Å²) in [5.41, 5.74) is 4.51. The Morgan fingerprint density at radius 3 is 2.74 bits per heavy atom. The summed E-state index contributed by atoms with van der Waals surface area (Å²) < 4.78 is 22.0. The van der Waals surface area contributed by atoms with Crippen LogP contribution in [0.4, 0.5) is 5.82 Å². The lowest BCUT2D eigenvalue weighted by Gasteiger charge is -2.28. The Labute approximate surface area is 129 Å². The van der Waals surface area contributed by atoms with Crippen molar-refractivity contribution in [3.8, 4) is 0 Å². The third kappa shape index (κ3) is 3.51. The van der Waals surface area contributed by atoms with Crippen molar-refractivity contribution in [1.29, 1.82) is 0 Å². The van der Waals surface area contributed by atoms with Crippen LogP contribution in [-0.4, -0.2) is 53.9 Å². The molecule has 0 unspecified atom stereocenters. The first kappa shape index (κ1) is 17.8. The van der Waals surface area contributed by atoms with E-state index in [1.165, 1.54) is 12.3 Å². The van der Waals surface area contributed by atoms with Crippen LogP contribution >= 0.6 is 7.60 Å². The summed E-state index contributed by atoms with van der Waals surface area (Å²) >= 11 is 0. The maximum atomic E-state index is 11.8. The van der Waals surface area contributed by atoms with Crippen LogP contribution in [0.15, 0.2) is 29.7 Å². The van der Waals surface area contributed by atoms with E-state index in [1.54, 1.807) is 0 Å². The molecule has 0 bridgehead atoms. The molecule has 2 heterocycles. The van der Waals surface area contributed by atoms with E-state index < -0.39 is 43.9 Å². The largest absolute Gasteiger partial charge is 0.385 e. The predicted octanol–water partition coefficient (Wildman–Crippen LogP) is -1.89. The van der Waals surface area contributed by atoms with Crippen LogP contribution in [0, 0.1) is 0 Å². The van der Waals surface area contributed by atoms with E-state index in [1.807, 2.05) is 0 Å². The lowest BCUT2D eigenvalue weighted by Crippen LogP contribution is -2.44. The highest BCUT2D eigenvalue weighted by atomic mass is 31.2. The predicted molar refractivity (Wildman–Crippen MR) is 76.0 cm³/mol. The Kier molecular flexibility index (Phi) is 4.74. The minimum Gasteiger partial charge on any atom is -0.385 e. The van der Waals surface area contributed by atoms with Crippen molar-refractivity contribution in [1.82, 2.24) is 9.55 Å². The second-order valence-electron chi connectivity index (χ2n) is 4.85. The van der Waals surface area contributed by atoms with Gasteiger partial charge in [0, 0.05) is 6.20 Å². The van der Waals surface area contributed by atoms with Crippen LogP contribution in [-0.2, 0) is 14.0 Å². The molecule has 23 heavy (non-hydrogen) atoms. The minimum absolute atomic E-state index is 0.0491. The van der Waals surface area contributed by atoms with Crippen LogP contribution in [0.3, 0.4) is 0 Å². The molecule has 2 rings (SSSR count). The van der Waals surface area contributed by atoms with E-state index >= 15 is 0 Å². The van der Waals surface area contributed by atoms with Crippen molar-refractivity contribution in [3.63, 3.8) is 0 Å². The van der Waals surface area contributed by atoms with E-state index in [0.29, 0.717) is 0 Å². The van der Waals surface area contributed by atoms with E-state index in [9.17, 15) is 19.6 Å². The summed E-state index contributed by atoms with van der Waals surface area (Å²) in [5.74, 6) is -2.15. The van der Waals surface area contributed by atoms with Gasteiger partial charge in [-0.05, 0) is 12.1 Å². The van der Waals surface area contributed by atoms with Gasteiger partial charge >= 0.3 is 13.3 Å². The molecule has 1 fully saturated rings. The lowest BCUT2D eigenvalue weighted by atomic mass is 10.1. The minimum atomic E-state index is -4.57. The number of aromatic nitrogens is 2. The number of aliphatic hydroxyl groups is 2. The van der Waals surface area contributed by atoms with E-state index in [4.69, 9.17) is 25.0 Å². The highest BCUT2D eigenvalue weighted by Gasteiger charge is 2.55. The zero-order valence-corrected chi connectivity index (χ0v) is 12.6. The molecule has 1 aromatic heterocycles. The van der Waals surface area contributed by atoms with Gasteiger partial charge in [-0.1, -0.05) is 6.58 Å². The van der Waals surface area contributed by atoms with Gasteiger partial charge in [0.1, 0.15) is 18.0 Å². The van der Waals surface area contributed by atoms with Crippen molar-refractivity contribution >= 4 is 13.4 Å². The molecule has 1 aliphatic heterocycles. The second kappa shape index (κ2) is 6.13. The molecule has 1 aromatic rings. The molecule has 12 heteroatoms. The normalized spacial score (nSPS) is 31.2. The number of rotatable bonds is 5. The fourth-order valence-electron chi connectivity index (χ4n) is 2.10. The van der Waals surface area contributed by atoms with Gasteiger partial charge in [-0.3, -0.25) is 9.13 Å². The third-order valence-electron chi connectivity index (χ3n) is 3.20. The average molecular weight is 349 g/mol. The monoisotopic (exact) mass is 349 g/mol. The van der Waals surface area contributed by atoms with E-state index in [0.717, 1.165) is 10.6 Å². The van der Waals surface area contributed by atoms with Gasteiger partial charge in [-0.15, -0.1) is 0 Å². The summed E-state index contributed by atoms with van der Waals surface area (Å²) in [6.07, 6.45) is -3.77. The fourth-order valence-corrected chi connectivity index (χ4v) is 2.47. The van der Waals surface area contributed by atoms with Gasteiger partial charge in [0.25, 0.3) is 0 Å². The summed E-state index contributed by atoms with van der Waals surface area (Å²) in [4.78, 5) is 33.0. The van der Waals surface area contributed by atoms with Crippen molar-refractivity contribution in [3.05, 3.63) is 35.4 Å². The molecule has 1 saturated heterocycles. The smallest absolute Gasteiger partial charge is 0.351 e. The van der Waals surface area contributed by atoms with Gasteiger partial charge in [-0.2, -0.15) is 4.98 Å². The molecular weight excluding hydrogens is 333 g/mol. The quantitative estimate of drug-likeness (QED) is 0.298. The molecule has 0 aliphatic carbocycles. The summed E-state index contributed by atoms with van der Waals surface area (Å²) in [6.45, 7) is 3.37. The molecule has 4 atom stereocenters. The topological polar surface area (TPSA) is 177 Å². The van der Waals surface area contributed by atoms with Crippen molar-refractivity contribution in [2.24, 2.45) is 0 Å². The number of hydrogen-bond donors (Lipinski definition) is 5. The highest BCUT2D eigenvalue weighted by molar-refractivity contribution is 7.51. The highest BCUT2D eigenvalue weighted by Crippen LogP contribution is 2.42. The van der Waals surface area contributed by atoms with Crippen molar-refractivity contribution in [2.45, 2.75) is 24.2 Å². The maximum Gasteiger partial charge on any atom is 0.351 e. The molecule has 128 valence electrons. The van der Waals surface area contributed by atoms with Crippen LogP contribution in [0.5, 0.6) is 0 Å². The SMILES string of the molecule is C=C[C@]1(OCP(=O)(O)O)O[C@@H](n2ccc(N)nc2=O)[C@H](O)[C@@H]1O. The first-order chi connectivity index (χ1) is 10.6. The first-order valence-electron chi connectivity index (χ1n) is 6.30. The number of nitrogens with zero attached hydrogens (tertiary/aromatic N) is 2. The summed E-state index contributed by atoms with van der Waals surface area (Å²) in [5, 5.41) is 20.2. The molecule has 6 N–H and O–H groups in total. The van der Waals surface area contributed by atoms with E-state index in [2.05, 4.69) is 11.6 Å². The Morgan fingerprint density at radius 1 is 1.57 bits per heavy atom. The molecule has 0 radical (unpaired) electrons. The fraction of sp³-hybridized carbons (Fsp3) is 0.455. The Morgan fingerprint density at radius 2 is 2.22 bits per heavy atom. The number of nitrogens with two attached hydrogens (primary N) is 1. The van der Waals surface area contributed by atoms with Gasteiger partial charge in [-0.25, -0.2) is 4.79 Å². The summed E-state index contributed by atoms with van der Waals surface area (Å²) in [6, 6.07) is 1.27. The van der Waals surface area contributed by atoms with Crippen LogP contribution in [0.1, 0.15) is 6.23 Å². The Hall–Kier alpha value is -1.59. The number of nitrogen functional groups attached to an aromatic ring is 1. The van der Waals surface area contributed by atoms with E-state index in [-0.39, 0.29) is 5.82 Å². The molecular formula is C11H16N3O8P. The second-order valence-corrected chi connectivity index (χ2v) is 6.44. The average Bonchev–Trinajstić information content (AvgIpc) is 2.70. The van der Waals surface area contributed by atoms with Crippen molar-refractivity contribution in [2.75, 3.05) is 12.1 Å². The molecule has 11 nitrogen and oxygen atoms in total. The zero-order chi connectivity index (χ0) is 17.4. The molecule has 1 aliphatic rings. The number of anilines is 1. The Bertz CT molecular complexity index is 703.